The lowest BCUT2D eigenvalue weighted by atomic mass is 10.1. The first kappa shape index (κ1) is 13.5. The number of fused-ring (bicyclic) bond motifs is 1. The maximum atomic E-state index is 5.84. The fraction of sp³-hybridized carbons (Fsp3) is 0.312. The van der Waals surface area contributed by atoms with E-state index in [1.54, 1.807) is 6.20 Å². The quantitative estimate of drug-likeness (QED) is 0.918. The standard InChI is InChI=1S/C16H18N2OS/c17-8-7-13-5-6-14(10-18-13)19-11-15-9-12-3-1-2-4-16(12)20-15/h1-6,10,15H,7-9,11,17H2. The summed E-state index contributed by atoms with van der Waals surface area (Å²) in [5.74, 6) is 0.835. The van der Waals surface area contributed by atoms with Gasteiger partial charge >= 0.3 is 0 Å². The van der Waals surface area contributed by atoms with Crippen LogP contribution in [0.25, 0.3) is 0 Å². The summed E-state index contributed by atoms with van der Waals surface area (Å²) in [4.78, 5) is 5.73. The highest BCUT2D eigenvalue weighted by Gasteiger charge is 2.22. The fourth-order valence-electron chi connectivity index (χ4n) is 2.33. The fourth-order valence-corrected chi connectivity index (χ4v) is 3.55. The van der Waals surface area contributed by atoms with Gasteiger partial charge in [0.2, 0.25) is 0 Å². The Morgan fingerprint density at radius 3 is 2.90 bits per heavy atom. The highest BCUT2D eigenvalue weighted by atomic mass is 32.2. The molecule has 1 aliphatic rings. The Morgan fingerprint density at radius 2 is 2.15 bits per heavy atom. The van der Waals surface area contributed by atoms with E-state index < -0.39 is 0 Å². The summed E-state index contributed by atoms with van der Waals surface area (Å²) in [6.45, 7) is 1.35. The van der Waals surface area contributed by atoms with Gasteiger partial charge in [0.25, 0.3) is 0 Å². The third kappa shape index (κ3) is 3.14. The molecule has 0 fully saturated rings. The molecule has 0 radical (unpaired) electrons. The van der Waals surface area contributed by atoms with Crippen molar-refractivity contribution >= 4 is 11.8 Å². The lowest BCUT2D eigenvalue weighted by Gasteiger charge is -2.11. The van der Waals surface area contributed by atoms with E-state index >= 15 is 0 Å². The van der Waals surface area contributed by atoms with Gasteiger partial charge in [-0.05, 0) is 36.7 Å². The molecule has 104 valence electrons. The number of nitrogens with zero attached hydrogens (tertiary/aromatic N) is 1. The number of hydrogen-bond donors (Lipinski definition) is 1. The Bertz CT molecular complexity index is 546. The Hall–Kier alpha value is -1.52. The third-order valence-electron chi connectivity index (χ3n) is 3.35. The van der Waals surface area contributed by atoms with Crippen LogP contribution in [0.4, 0.5) is 0 Å². The topological polar surface area (TPSA) is 48.1 Å². The molecule has 2 N–H and O–H groups in total. The first-order valence-electron chi connectivity index (χ1n) is 6.87. The van der Waals surface area contributed by atoms with E-state index in [0.29, 0.717) is 11.8 Å². The molecule has 3 rings (SSSR count). The molecule has 0 aliphatic carbocycles. The van der Waals surface area contributed by atoms with Gasteiger partial charge in [0.05, 0.1) is 6.20 Å². The maximum Gasteiger partial charge on any atom is 0.137 e. The monoisotopic (exact) mass is 286 g/mol. The number of ether oxygens (including phenoxy) is 1. The largest absolute Gasteiger partial charge is 0.491 e. The molecule has 3 nitrogen and oxygen atoms in total. The van der Waals surface area contributed by atoms with Crippen molar-refractivity contribution in [3.05, 3.63) is 53.9 Å². The predicted octanol–water partition coefficient (Wildman–Crippen LogP) is 2.68. The van der Waals surface area contributed by atoms with Gasteiger partial charge in [-0.1, -0.05) is 18.2 Å². The molecule has 1 aliphatic heterocycles. The molecule has 0 saturated heterocycles. The predicted molar refractivity (Wildman–Crippen MR) is 82.3 cm³/mol. The van der Waals surface area contributed by atoms with Crippen molar-refractivity contribution in [1.82, 2.24) is 4.98 Å². The molecule has 0 spiro atoms. The smallest absolute Gasteiger partial charge is 0.137 e. The van der Waals surface area contributed by atoms with Gasteiger partial charge in [-0.2, -0.15) is 0 Å². The first-order valence-corrected chi connectivity index (χ1v) is 7.75. The summed E-state index contributed by atoms with van der Waals surface area (Å²) in [6, 6.07) is 12.5. The first-order chi connectivity index (χ1) is 9.85. The minimum Gasteiger partial charge on any atom is -0.491 e. The van der Waals surface area contributed by atoms with E-state index in [0.717, 1.165) is 30.9 Å². The molecule has 0 bridgehead atoms. The second-order valence-electron chi connectivity index (χ2n) is 4.89. The molecule has 1 atom stereocenters. The van der Waals surface area contributed by atoms with E-state index in [1.165, 1.54) is 10.5 Å². The second-order valence-corrected chi connectivity index (χ2v) is 6.23. The highest BCUT2D eigenvalue weighted by molar-refractivity contribution is 8.00. The van der Waals surface area contributed by atoms with E-state index in [1.807, 2.05) is 23.9 Å². The number of rotatable bonds is 5. The molecule has 4 heteroatoms. The van der Waals surface area contributed by atoms with Crippen molar-refractivity contribution in [2.24, 2.45) is 5.73 Å². The van der Waals surface area contributed by atoms with Gasteiger partial charge in [-0.15, -0.1) is 11.8 Å². The van der Waals surface area contributed by atoms with Crippen LogP contribution in [0.2, 0.25) is 0 Å². The van der Waals surface area contributed by atoms with Crippen LogP contribution < -0.4 is 10.5 Å². The Kier molecular flexibility index (Phi) is 4.23. The van der Waals surface area contributed by atoms with E-state index in [-0.39, 0.29) is 0 Å². The van der Waals surface area contributed by atoms with Gasteiger partial charge < -0.3 is 10.5 Å². The van der Waals surface area contributed by atoms with Crippen LogP contribution in [0, 0.1) is 0 Å². The van der Waals surface area contributed by atoms with Gasteiger partial charge in [-0.3, -0.25) is 4.98 Å². The summed E-state index contributed by atoms with van der Waals surface area (Å²) in [5, 5.41) is 0.496. The molecular weight excluding hydrogens is 268 g/mol. The Labute approximate surface area is 123 Å². The Balaban J connectivity index is 1.53. The van der Waals surface area contributed by atoms with Crippen LogP contribution >= 0.6 is 11.8 Å². The number of thioether (sulfide) groups is 1. The van der Waals surface area contributed by atoms with Crippen molar-refractivity contribution in [3.8, 4) is 5.75 Å². The van der Waals surface area contributed by atoms with Gasteiger partial charge in [0.15, 0.2) is 0 Å². The molecule has 20 heavy (non-hydrogen) atoms. The van der Waals surface area contributed by atoms with Crippen LogP contribution in [0.15, 0.2) is 47.5 Å². The Morgan fingerprint density at radius 1 is 1.25 bits per heavy atom. The van der Waals surface area contributed by atoms with Crippen molar-refractivity contribution in [3.63, 3.8) is 0 Å². The molecule has 2 heterocycles. The van der Waals surface area contributed by atoms with Gasteiger partial charge in [0, 0.05) is 22.3 Å². The SMILES string of the molecule is NCCc1ccc(OCC2Cc3ccccc3S2)cn1. The zero-order valence-electron chi connectivity index (χ0n) is 11.3. The van der Waals surface area contributed by atoms with Crippen molar-refractivity contribution < 1.29 is 4.74 Å². The number of pyridine rings is 1. The second kappa shape index (κ2) is 6.29. The number of aromatic nitrogens is 1. The molecule has 0 saturated carbocycles. The molecule has 0 amide bonds. The average Bonchev–Trinajstić information content (AvgIpc) is 2.90. The summed E-state index contributed by atoms with van der Waals surface area (Å²) in [5.41, 5.74) is 7.96. The van der Waals surface area contributed by atoms with E-state index in [9.17, 15) is 0 Å². The third-order valence-corrected chi connectivity index (χ3v) is 4.64. The maximum absolute atomic E-state index is 5.84. The van der Waals surface area contributed by atoms with Crippen molar-refractivity contribution in [1.29, 1.82) is 0 Å². The van der Waals surface area contributed by atoms with E-state index in [2.05, 4.69) is 29.2 Å². The van der Waals surface area contributed by atoms with Gasteiger partial charge in [-0.25, -0.2) is 0 Å². The summed E-state index contributed by atoms with van der Waals surface area (Å²) in [7, 11) is 0. The van der Waals surface area contributed by atoms with Gasteiger partial charge in [0.1, 0.15) is 12.4 Å². The summed E-state index contributed by atoms with van der Waals surface area (Å²) < 4.78 is 5.84. The van der Waals surface area contributed by atoms with Crippen LogP contribution in [0.5, 0.6) is 5.75 Å². The van der Waals surface area contributed by atoms with Crippen LogP contribution in [0.1, 0.15) is 11.3 Å². The van der Waals surface area contributed by atoms with Crippen LogP contribution in [0.3, 0.4) is 0 Å². The molecule has 2 aromatic rings. The number of nitrogens with two attached hydrogens (primary N) is 1. The highest BCUT2D eigenvalue weighted by Crippen LogP contribution is 2.36. The summed E-state index contributed by atoms with van der Waals surface area (Å²) >= 11 is 1.90. The summed E-state index contributed by atoms with van der Waals surface area (Å²) in [6.07, 6.45) is 3.69. The minimum absolute atomic E-state index is 0.496. The minimum atomic E-state index is 0.496. The normalized spacial score (nSPS) is 16.9. The average molecular weight is 286 g/mol. The van der Waals surface area contributed by atoms with Crippen molar-refractivity contribution in [2.45, 2.75) is 23.0 Å². The molecule has 1 unspecified atom stereocenters. The lowest BCUT2D eigenvalue weighted by Crippen LogP contribution is -2.13. The zero-order valence-corrected chi connectivity index (χ0v) is 12.1. The van der Waals surface area contributed by atoms with Crippen LogP contribution in [-0.4, -0.2) is 23.4 Å². The van der Waals surface area contributed by atoms with Crippen LogP contribution in [-0.2, 0) is 12.8 Å². The van der Waals surface area contributed by atoms with E-state index in [4.69, 9.17) is 10.5 Å². The number of benzene rings is 1. The molecular formula is C16H18N2OS. The van der Waals surface area contributed by atoms with Crippen molar-refractivity contribution in [2.75, 3.05) is 13.2 Å². The zero-order chi connectivity index (χ0) is 13.8. The molecule has 1 aromatic heterocycles. The number of hydrogen-bond acceptors (Lipinski definition) is 4. The molecule has 1 aromatic carbocycles. The lowest BCUT2D eigenvalue weighted by molar-refractivity contribution is 0.316.